The van der Waals surface area contributed by atoms with E-state index in [4.69, 9.17) is 21.1 Å². The Hall–Kier alpha value is -1.04. The maximum Gasteiger partial charge on any atom is 0.179 e. The Bertz CT molecular complexity index is 639. The van der Waals surface area contributed by atoms with E-state index >= 15 is 0 Å². The summed E-state index contributed by atoms with van der Waals surface area (Å²) in [4.78, 5) is 13.3. The van der Waals surface area contributed by atoms with Gasteiger partial charge in [-0.15, -0.1) is 11.3 Å². The highest BCUT2D eigenvalue weighted by Crippen LogP contribution is 2.36. The number of methoxy groups -OCH3 is 2. The van der Waals surface area contributed by atoms with Gasteiger partial charge in [-0.25, -0.2) is 0 Å². The van der Waals surface area contributed by atoms with Gasteiger partial charge in [0.1, 0.15) is 0 Å². The molecular formula is C14H12BrClO3S. The van der Waals surface area contributed by atoms with Crippen molar-refractivity contribution in [3.63, 3.8) is 0 Å². The summed E-state index contributed by atoms with van der Waals surface area (Å²) in [5.74, 6) is 0.877. The lowest BCUT2D eigenvalue weighted by Gasteiger charge is -2.11. The molecule has 0 fully saturated rings. The monoisotopic (exact) mass is 374 g/mol. The zero-order valence-electron chi connectivity index (χ0n) is 10.9. The number of hydrogen-bond acceptors (Lipinski definition) is 4. The SMILES string of the molecule is COc1cc(C(=O)Cc2cc(Br)cs2)cc(Cl)c1OC. The quantitative estimate of drug-likeness (QED) is 0.716. The summed E-state index contributed by atoms with van der Waals surface area (Å²) >= 11 is 11.0. The van der Waals surface area contributed by atoms with Crippen LogP contribution < -0.4 is 9.47 Å². The summed E-state index contributed by atoms with van der Waals surface area (Å²) in [7, 11) is 3.02. The van der Waals surface area contributed by atoms with Crippen LogP contribution >= 0.6 is 38.9 Å². The fourth-order valence-electron chi connectivity index (χ4n) is 1.79. The lowest BCUT2D eigenvalue weighted by atomic mass is 10.1. The molecule has 0 aliphatic carbocycles. The molecule has 0 aliphatic rings. The zero-order valence-corrected chi connectivity index (χ0v) is 14.1. The van der Waals surface area contributed by atoms with Crippen LogP contribution in [0.4, 0.5) is 0 Å². The molecule has 0 N–H and O–H groups in total. The van der Waals surface area contributed by atoms with Crippen LogP contribution in [0.25, 0.3) is 0 Å². The Kier molecular flexibility index (Phi) is 5.07. The van der Waals surface area contributed by atoms with Crippen LogP contribution in [0, 0.1) is 0 Å². The van der Waals surface area contributed by atoms with Gasteiger partial charge in [0.05, 0.1) is 19.2 Å². The van der Waals surface area contributed by atoms with Gasteiger partial charge in [0, 0.05) is 26.7 Å². The third kappa shape index (κ3) is 3.34. The summed E-state index contributed by atoms with van der Waals surface area (Å²) < 4.78 is 11.3. The number of thiophene rings is 1. The molecule has 0 saturated carbocycles. The van der Waals surface area contributed by atoms with Gasteiger partial charge < -0.3 is 9.47 Å². The van der Waals surface area contributed by atoms with E-state index in [1.165, 1.54) is 25.6 Å². The average molecular weight is 376 g/mol. The normalized spacial score (nSPS) is 10.4. The minimum Gasteiger partial charge on any atom is -0.493 e. The fourth-order valence-corrected chi connectivity index (χ4v) is 3.52. The third-order valence-electron chi connectivity index (χ3n) is 2.71. The van der Waals surface area contributed by atoms with Gasteiger partial charge in [-0.05, 0) is 34.1 Å². The summed E-state index contributed by atoms with van der Waals surface area (Å²) in [6.07, 6.45) is 0.335. The molecular weight excluding hydrogens is 364 g/mol. The maximum atomic E-state index is 12.3. The first kappa shape index (κ1) is 15.4. The highest BCUT2D eigenvalue weighted by molar-refractivity contribution is 9.10. The Morgan fingerprint density at radius 2 is 2.05 bits per heavy atom. The van der Waals surface area contributed by atoms with E-state index < -0.39 is 0 Å². The van der Waals surface area contributed by atoms with E-state index in [0.29, 0.717) is 28.5 Å². The summed E-state index contributed by atoms with van der Waals surface area (Å²) in [5, 5.41) is 2.31. The standard InChI is InChI=1S/C14H12BrClO3S/c1-18-13-4-8(3-11(16)14(13)19-2)12(17)6-10-5-9(15)7-20-10/h3-5,7H,6H2,1-2H3. The number of rotatable bonds is 5. The van der Waals surface area contributed by atoms with Gasteiger partial charge in [0.25, 0.3) is 0 Å². The molecule has 1 aromatic heterocycles. The van der Waals surface area contributed by atoms with Crippen molar-refractivity contribution in [1.82, 2.24) is 0 Å². The molecule has 3 nitrogen and oxygen atoms in total. The molecule has 2 aromatic rings. The van der Waals surface area contributed by atoms with Crippen molar-refractivity contribution in [2.24, 2.45) is 0 Å². The largest absolute Gasteiger partial charge is 0.493 e. The van der Waals surface area contributed by atoms with Crippen LogP contribution in [0.5, 0.6) is 11.5 Å². The van der Waals surface area contributed by atoms with Crippen molar-refractivity contribution in [2.75, 3.05) is 14.2 Å². The highest BCUT2D eigenvalue weighted by Gasteiger charge is 2.16. The molecule has 20 heavy (non-hydrogen) atoms. The van der Waals surface area contributed by atoms with Crippen molar-refractivity contribution in [3.8, 4) is 11.5 Å². The van der Waals surface area contributed by atoms with Crippen molar-refractivity contribution < 1.29 is 14.3 Å². The topological polar surface area (TPSA) is 35.5 Å². The molecule has 0 bridgehead atoms. The van der Waals surface area contributed by atoms with Crippen LogP contribution in [0.2, 0.25) is 5.02 Å². The van der Waals surface area contributed by atoms with Crippen molar-refractivity contribution in [1.29, 1.82) is 0 Å². The van der Waals surface area contributed by atoms with Crippen LogP contribution in [0.15, 0.2) is 28.1 Å². The Morgan fingerprint density at radius 3 is 2.60 bits per heavy atom. The number of ketones is 1. The number of benzene rings is 1. The summed E-state index contributed by atoms with van der Waals surface area (Å²) in [6.45, 7) is 0. The van der Waals surface area contributed by atoms with E-state index in [0.717, 1.165) is 9.35 Å². The number of Topliss-reactive ketones (excluding diaryl/α,β-unsaturated/α-hetero) is 1. The second kappa shape index (κ2) is 6.61. The fraction of sp³-hybridized carbons (Fsp3) is 0.214. The number of hydrogen-bond donors (Lipinski definition) is 0. The minimum atomic E-state index is -0.0118. The van der Waals surface area contributed by atoms with E-state index in [2.05, 4.69) is 15.9 Å². The molecule has 106 valence electrons. The second-order valence-corrected chi connectivity index (χ2v) is 6.34. The third-order valence-corrected chi connectivity index (χ3v) is 4.69. The minimum absolute atomic E-state index is 0.0118. The number of ether oxygens (including phenoxy) is 2. The molecule has 1 heterocycles. The molecule has 0 spiro atoms. The van der Waals surface area contributed by atoms with Crippen LogP contribution in [0.1, 0.15) is 15.2 Å². The first-order chi connectivity index (χ1) is 9.55. The van der Waals surface area contributed by atoms with E-state index in [1.807, 2.05) is 11.4 Å². The molecule has 6 heteroatoms. The van der Waals surface area contributed by atoms with E-state index in [9.17, 15) is 4.79 Å². The van der Waals surface area contributed by atoms with Gasteiger partial charge >= 0.3 is 0 Å². The zero-order chi connectivity index (χ0) is 14.7. The van der Waals surface area contributed by atoms with Crippen LogP contribution in [-0.4, -0.2) is 20.0 Å². The molecule has 0 saturated heterocycles. The molecule has 0 aliphatic heterocycles. The molecule has 0 radical (unpaired) electrons. The molecule has 2 rings (SSSR count). The van der Waals surface area contributed by atoms with Gasteiger partial charge in [-0.1, -0.05) is 11.6 Å². The van der Waals surface area contributed by atoms with Gasteiger partial charge in [0.2, 0.25) is 0 Å². The van der Waals surface area contributed by atoms with Gasteiger partial charge in [-0.2, -0.15) is 0 Å². The van der Waals surface area contributed by atoms with E-state index in [-0.39, 0.29) is 5.78 Å². The first-order valence-electron chi connectivity index (χ1n) is 5.72. The predicted molar refractivity (Wildman–Crippen MR) is 84.6 cm³/mol. The average Bonchev–Trinajstić information content (AvgIpc) is 2.82. The number of halogens is 2. The van der Waals surface area contributed by atoms with Crippen molar-refractivity contribution >= 4 is 44.7 Å². The lowest BCUT2D eigenvalue weighted by molar-refractivity contribution is 0.0993. The number of carbonyl (C=O) groups excluding carboxylic acids is 1. The van der Waals surface area contributed by atoms with Crippen LogP contribution in [0.3, 0.4) is 0 Å². The second-order valence-electron chi connectivity index (χ2n) is 4.02. The van der Waals surface area contributed by atoms with Gasteiger partial charge in [0.15, 0.2) is 17.3 Å². The Labute approximate surface area is 134 Å². The van der Waals surface area contributed by atoms with Crippen molar-refractivity contribution in [3.05, 3.63) is 43.5 Å². The smallest absolute Gasteiger partial charge is 0.179 e. The summed E-state index contributed by atoms with van der Waals surface area (Å²) in [6, 6.07) is 5.19. The molecule has 0 unspecified atom stereocenters. The maximum absolute atomic E-state index is 12.3. The molecule has 0 atom stereocenters. The van der Waals surface area contributed by atoms with Crippen molar-refractivity contribution in [2.45, 2.75) is 6.42 Å². The number of carbonyl (C=O) groups is 1. The lowest BCUT2D eigenvalue weighted by Crippen LogP contribution is -2.04. The molecule has 0 amide bonds. The highest BCUT2D eigenvalue weighted by atomic mass is 79.9. The first-order valence-corrected chi connectivity index (χ1v) is 7.78. The van der Waals surface area contributed by atoms with Crippen LogP contribution in [-0.2, 0) is 6.42 Å². The molecule has 1 aromatic carbocycles. The van der Waals surface area contributed by atoms with Gasteiger partial charge in [-0.3, -0.25) is 4.79 Å². The Balaban J connectivity index is 2.28. The Morgan fingerprint density at radius 1 is 1.30 bits per heavy atom. The summed E-state index contributed by atoms with van der Waals surface area (Å²) in [5.41, 5.74) is 0.511. The van der Waals surface area contributed by atoms with E-state index in [1.54, 1.807) is 12.1 Å². The predicted octanol–water partition coefficient (Wildman–Crippen LogP) is 4.61.